The number of hydrogen-bond donors (Lipinski definition) is 1. The third-order valence-corrected chi connectivity index (χ3v) is 2.86. The summed E-state index contributed by atoms with van der Waals surface area (Å²) in [4.78, 5) is 0. The molecular weight excluding hydrogens is 186 g/mol. The summed E-state index contributed by atoms with van der Waals surface area (Å²) in [7, 11) is 0. The van der Waals surface area contributed by atoms with Crippen LogP contribution in [-0.2, 0) is 11.2 Å². The summed E-state index contributed by atoms with van der Waals surface area (Å²) in [6.45, 7) is 2.76. The third kappa shape index (κ3) is 3.65. The maximum Gasteiger partial charge on any atom is 0.0620 e. The number of rotatable bonds is 4. The van der Waals surface area contributed by atoms with Crippen LogP contribution in [-0.4, -0.2) is 25.8 Å². The van der Waals surface area contributed by atoms with Crippen LogP contribution < -0.4 is 5.32 Å². The first-order chi connectivity index (χ1) is 7.45. The molecule has 1 N–H and O–H groups in total. The van der Waals surface area contributed by atoms with Gasteiger partial charge in [0.25, 0.3) is 0 Å². The molecule has 2 rings (SSSR count). The number of aryl methyl sites for hydroxylation is 1. The van der Waals surface area contributed by atoms with Gasteiger partial charge in [0.15, 0.2) is 0 Å². The Hall–Kier alpha value is -0.860. The molecule has 1 heterocycles. The molecule has 1 aromatic rings. The number of nitrogens with one attached hydrogen (secondary N) is 1. The predicted octanol–water partition coefficient (Wildman–Crippen LogP) is 2.00. The summed E-state index contributed by atoms with van der Waals surface area (Å²) in [5.74, 6) is 0. The molecule has 1 aliphatic rings. The summed E-state index contributed by atoms with van der Waals surface area (Å²) in [6, 6.07) is 11.3. The summed E-state index contributed by atoms with van der Waals surface area (Å²) >= 11 is 0. The molecule has 0 amide bonds. The Bertz CT molecular complexity index is 267. The normalized spacial score (nSPS) is 21.5. The van der Waals surface area contributed by atoms with Crippen LogP contribution in [0.5, 0.6) is 0 Å². The van der Waals surface area contributed by atoms with E-state index in [1.165, 1.54) is 24.8 Å². The molecule has 0 bridgehead atoms. The number of ether oxygens (including phenoxy) is 1. The summed E-state index contributed by atoms with van der Waals surface area (Å²) in [5.41, 5.74) is 1.44. The lowest BCUT2D eigenvalue weighted by Gasteiger charge is -2.23. The van der Waals surface area contributed by atoms with E-state index in [2.05, 4.69) is 35.6 Å². The van der Waals surface area contributed by atoms with Gasteiger partial charge in [0, 0.05) is 12.6 Å². The average Bonchev–Trinajstić information content (AvgIpc) is 2.32. The summed E-state index contributed by atoms with van der Waals surface area (Å²) in [5, 5.41) is 3.48. The molecule has 1 aliphatic heterocycles. The van der Waals surface area contributed by atoms with Gasteiger partial charge in [-0.15, -0.1) is 0 Å². The van der Waals surface area contributed by atoms with Gasteiger partial charge in [-0.3, -0.25) is 0 Å². The molecular formula is C13H19NO. The second-order valence-electron chi connectivity index (χ2n) is 4.10. The molecule has 2 heteroatoms. The topological polar surface area (TPSA) is 21.3 Å². The van der Waals surface area contributed by atoms with E-state index in [1.807, 2.05) is 0 Å². The average molecular weight is 205 g/mol. The van der Waals surface area contributed by atoms with Crippen LogP contribution in [0.1, 0.15) is 18.4 Å². The van der Waals surface area contributed by atoms with Gasteiger partial charge in [-0.2, -0.15) is 0 Å². The van der Waals surface area contributed by atoms with Crippen molar-refractivity contribution in [3.05, 3.63) is 35.9 Å². The van der Waals surface area contributed by atoms with E-state index in [-0.39, 0.29) is 0 Å². The molecule has 0 aliphatic carbocycles. The highest BCUT2D eigenvalue weighted by atomic mass is 16.5. The van der Waals surface area contributed by atoms with E-state index in [4.69, 9.17) is 4.74 Å². The van der Waals surface area contributed by atoms with Crippen LogP contribution in [0.4, 0.5) is 0 Å². The fourth-order valence-electron chi connectivity index (χ4n) is 2.00. The first-order valence-corrected chi connectivity index (χ1v) is 5.80. The van der Waals surface area contributed by atoms with Crippen molar-refractivity contribution in [1.82, 2.24) is 5.32 Å². The van der Waals surface area contributed by atoms with E-state index < -0.39 is 0 Å². The molecule has 0 spiro atoms. The first-order valence-electron chi connectivity index (χ1n) is 5.80. The zero-order valence-corrected chi connectivity index (χ0v) is 9.11. The monoisotopic (exact) mass is 205 g/mol. The van der Waals surface area contributed by atoms with Gasteiger partial charge in [0.1, 0.15) is 0 Å². The van der Waals surface area contributed by atoms with Crippen molar-refractivity contribution in [1.29, 1.82) is 0 Å². The summed E-state index contributed by atoms with van der Waals surface area (Å²) in [6.07, 6.45) is 3.64. The third-order valence-electron chi connectivity index (χ3n) is 2.86. The molecule has 0 saturated carbocycles. The van der Waals surface area contributed by atoms with Gasteiger partial charge in [-0.1, -0.05) is 30.3 Å². The van der Waals surface area contributed by atoms with Crippen molar-refractivity contribution in [3.63, 3.8) is 0 Å². The minimum atomic E-state index is 0.572. The second-order valence-corrected chi connectivity index (χ2v) is 4.10. The van der Waals surface area contributed by atoms with E-state index in [0.29, 0.717) is 6.04 Å². The molecule has 0 aromatic heterocycles. The van der Waals surface area contributed by atoms with E-state index in [1.54, 1.807) is 0 Å². The number of morpholine rings is 1. The lowest BCUT2D eigenvalue weighted by atomic mass is 10.0. The summed E-state index contributed by atoms with van der Waals surface area (Å²) < 4.78 is 5.42. The zero-order chi connectivity index (χ0) is 10.3. The van der Waals surface area contributed by atoms with Crippen LogP contribution in [0.2, 0.25) is 0 Å². The van der Waals surface area contributed by atoms with Crippen molar-refractivity contribution in [3.8, 4) is 0 Å². The van der Waals surface area contributed by atoms with Crippen molar-refractivity contribution in [2.24, 2.45) is 0 Å². The molecule has 82 valence electrons. The molecule has 1 saturated heterocycles. The lowest BCUT2D eigenvalue weighted by Crippen LogP contribution is -2.41. The Morgan fingerprint density at radius 3 is 2.87 bits per heavy atom. The van der Waals surface area contributed by atoms with Gasteiger partial charge in [-0.05, 0) is 24.8 Å². The molecule has 2 nitrogen and oxygen atoms in total. The second kappa shape index (κ2) is 5.89. The van der Waals surface area contributed by atoms with Crippen molar-refractivity contribution in [2.75, 3.05) is 19.8 Å². The molecule has 1 aromatic carbocycles. The largest absolute Gasteiger partial charge is 0.379 e. The van der Waals surface area contributed by atoms with Gasteiger partial charge in [-0.25, -0.2) is 0 Å². The van der Waals surface area contributed by atoms with Crippen LogP contribution in [0.3, 0.4) is 0 Å². The minimum Gasteiger partial charge on any atom is -0.379 e. The molecule has 0 radical (unpaired) electrons. The molecule has 1 unspecified atom stereocenters. The maximum atomic E-state index is 5.42. The quantitative estimate of drug-likeness (QED) is 0.811. The van der Waals surface area contributed by atoms with Crippen molar-refractivity contribution >= 4 is 0 Å². The molecule has 1 atom stereocenters. The maximum absolute atomic E-state index is 5.42. The fourth-order valence-corrected chi connectivity index (χ4v) is 2.00. The standard InChI is InChI=1S/C13H19NO/c1-2-5-12(6-3-1)7-4-8-13-11-15-10-9-14-13/h1-3,5-6,13-14H,4,7-11H2. The Balaban J connectivity index is 1.66. The van der Waals surface area contributed by atoms with E-state index >= 15 is 0 Å². The molecule has 1 fully saturated rings. The first kappa shape index (κ1) is 10.7. The SMILES string of the molecule is c1ccc(CCCC2COCCN2)cc1. The van der Waals surface area contributed by atoms with E-state index in [0.717, 1.165) is 19.8 Å². The molecule has 15 heavy (non-hydrogen) atoms. The number of benzene rings is 1. The van der Waals surface area contributed by atoms with Crippen LogP contribution in [0.15, 0.2) is 30.3 Å². The van der Waals surface area contributed by atoms with Gasteiger partial charge in [0.05, 0.1) is 13.2 Å². The van der Waals surface area contributed by atoms with Crippen LogP contribution >= 0.6 is 0 Å². The predicted molar refractivity (Wildman–Crippen MR) is 62.0 cm³/mol. The highest BCUT2D eigenvalue weighted by molar-refractivity contribution is 5.14. The Morgan fingerprint density at radius 2 is 2.13 bits per heavy atom. The Kier molecular flexibility index (Phi) is 4.18. The highest BCUT2D eigenvalue weighted by Gasteiger charge is 2.11. The Labute approximate surface area is 91.6 Å². The van der Waals surface area contributed by atoms with Crippen LogP contribution in [0, 0.1) is 0 Å². The van der Waals surface area contributed by atoms with Gasteiger partial charge < -0.3 is 10.1 Å². The lowest BCUT2D eigenvalue weighted by molar-refractivity contribution is 0.0736. The zero-order valence-electron chi connectivity index (χ0n) is 9.11. The Morgan fingerprint density at radius 1 is 1.27 bits per heavy atom. The highest BCUT2D eigenvalue weighted by Crippen LogP contribution is 2.08. The van der Waals surface area contributed by atoms with Crippen molar-refractivity contribution in [2.45, 2.75) is 25.3 Å². The van der Waals surface area contributed by atoms with Gasteiger partial charge in [0.2, 0.25) is 0 Å². The van der Waals surface area contributed by atoms with Crippen molar-refractivity contribution < 1.29 is 4.74 Å². The van der Waals surface area contributed by atoms with Crippen LogP contribution in [0.25, 0.3) is 0 Å². The fraction of sp³-hybridized carbons (Fsp3) is 0.538. The van der Waals surface area contributed by atoms with E-state index in [9.17, 15) is 0 Å². The number of hydrogen-bond acceptors (Lipinski definition) is 2. The smallest absolute Gasteiger partial charge is 0.0620 e. The van der Waals surface area contributed by atoms with Gasteiger partial charge >= 0.3 is 0 Å². The minimum absolute atomic E-state index is 0.572.